The molecule has 1 aromatic carbocycles. The molecule has 1 N–H and O–H groups in total. The van der Waals surface area contributed by atoms with Gasteiger partial charge in [-0.2, -0.15) is 0 Å². The van der Waals surface area contributed by atoms with Gasteiger partial charge >= 0.3 is 0 Å². The van der Waals surface area contributed by atoms with Crippen LogP contribution in [0.1, 0.15) is 37.4 Å². The van der Waals surface area contributed by atoms with Crippen molar-refractivity contribution in [3.05, 3.63) is 50.3 Å². The lowest BCUT2D eigenvalue weighted by Crippen LogP contribution is -2.09. The lowest BCUT2D eigenvalue weighted by atomic mass is 10.1. The first-order chi connectivity index (χ1) is 10.1. The van der Waals surface area contributed by atoms with Crippen LogP contribution in [0.4, 0.5) is 5.82 Å². The van der Waals surface area contributed by atoms with Crippen molar-refractivity contribution in [3.8, 4) is 0 Å². The van der Waals surface area contributed by atoms with E-state index in [4.69, 9.17) is 0 Å². The highest BCUT2D eigenvalue weighted by Crippen LogP contribution is 2.25. The third-order valence-corrected chi connectivity index (χ3v) is 4.42. The van der Waals surface area contributed by atoms with Gasteiger partial charge in [0.2, 0.25) is 0 Å². The van der Waals surface area contributed by atoms with Gasteiger partial charge in [0.25, 0.3) is 0 Å². The highest BCUT2D eigenvalue weighted by molar-refractivity contribution is 9.11. The number of rotatable bonds is 6. The summed E-state index contributed by atoms with van der Waals surface area (Å²) in [5, 5.41) is 3.37. The molecule has 21 heavy (non-hydrogen) atoms. The summed E-state index contributed by atoms with van der Waals surface area (Å²) in [6.07, 6.45) is 2.69. The van der Waals surface area contributed by atoms with E-state index in [1.807, 2.05) is 12.1 Å². The summed E-state index contributed by atoms with van der Waals surface area (Å²) in [5.74, 6) is 1.75. The van der Waals surface area contributed by atoms with Crippen LogP contribution in [-0.4, -0.2) is 16.5 Å². The normalized spacial score (nSPS) is 10.7. The SMILES string of the molecule is CCCNc1nc(Cc2cccc(Br)c2)nc(CC)c1Br. The topological polar surface area (TPSA) is 37.8 Å². The van der Waals surface area contributed by atoms with E-state index in [1.165, 1.54) is 5.56 Å². The van der Waals surface area contributed by atoms with E-state index in [1.54, 1.807) is 0 Å². The van der Waals surface area contributed by atoms with Crippen LogP contribution in [0.5, 0.6) is 0 Å². The van der Waals surface area contributed by atoms with Crippen molar-refractivity contribution >= 4 is 37.7 Å². The number of anilines is 1. The maximum Gasteiger partial charge on any atom is 0.144 e. The van der Waals surface area contributed by atoms with Crippen LogP contribution in [0.15, 0.2) is 33.2 Å². The Morgan fingerprint density at radius 2 is 1.95 bits per heavy atom. The molecule has 1 heterocycles. The van der Waals surface area contributed by atoms with E-state index in [-0.39, 0.29) is 0 Å². The molecule has 3 nitrogen and oxygen atoms in total. The van der Waals surface area contributed by atoms with Crippen LogP contribution in [0, 0.1) is 0 Å². The average Bonchev–Trinajstić information content (AvgIpc) is 2.47. The number of halogens is 2. The van der Waals surface area contributed by atoms with Gasteiger partial charge in [0.1, 0.15) is 11.6 Å². The number of aromatic nitrogens is 2. The van der Waals surface area contributed by atoms with Crippen molar-refractivity contribution in [1.82, 2.24) is 9.97 Å². The summed E-state index contributed by atoms with van der Waals surface area (Å²) in [6.45, 7) is 5.17. The average molecular weight is 413 g/mol. The van der Waals surface area contributed by atoms with Crippen LogP contribution >= 0.6 is 31.9 Å². The fraction of sp³-hybridized carbons (Fsp3) is 0.375. The summed E-state index contributed by atoms with van der Waals surface area (Å²) in [4.78, 5) is 9.33. The fourth-order valence-corrected chi connectivity index (χ4v) is 3.09. The summed E-state index contributed by atoms with van der Waals surface area (Å²) in [5.41, 5.74) is 2.25. The van der Waals surface area contributed by atoms with Crippen molar-refractivity contribution in [2.75, 3.05) is 11.9 Å². The van der Waals surface area contributed by atoms with Gasteiger partial charge in [-0.1, -0.05) is 41.9 Å². The molecule has 0 aliphatic carbocycles. The van der Waals surface area contributed by atoms with E-state index in [9.17, 15) is 0 Å². The molecule has 0 radical (unpaired) electrons. The summed E-state index contributed by atoms with van der Waals surface area (Å²) in [7, 11) is 0. The molecule has 0 aliphatic rings. The number of hydrogen-bond acceptors (Lipinski definition) is 3. The maximum atomic E-state index is 4.67. The van der Waals surface area contributed by atoms with Crippen LogP contribution in [0.3, 0.4) is 0 Å². The zero-order valence-electron chi connectivity index (χ0n) is 12.3. The third kappa shape index (κ3) is 4.51. The fourth-order valence-electron chi connectivity index (χ4n) is 2.05. The molecule has 0 atom stereocenters. The van der Waals surface area contributed by atoms with Gasteiger partial charge in [-0.05, 0) is 46.5 Å². The first kappa shape index (κ1) is 16.4. The predicted octanol–water partition coefficient (Wildman–Crippen LogP) is 4.98. The number of benzene rings is 1. The quantitative estimate of drug-likeness (QED) is 0.727. The Morgan fingerprint density at radius 3 is 2.62 bits per heavy atom. The standard InChI is InChI=1S/C16H19Br2N3/c1-3-8-19-16-15(18)13(4-2)20-14(21-16)10-11-6-5-7-12(17)9-11/h5-7,9H,3-4,8,10H2,1-2H3,(H,19,20,21). The van der Waals surface area contributed by atoms with Gasteiger partial charge in [0, 0.05) is 17.4 Å². The molecule has 0 bridgehead atoms. The second kappa shape index (κ2) is 7.90. The van der Waals surface area contributed by atoms with E-state index in [0.29, 0.717) is 0 Å². The molecule has 112 valence electrons. The highest BCUT2D eigenvalue weighted by atomic mass is 79.9. The second-order valence-corrected chi connectivity index (χ2v) is 6.54. The molecule has 0 fully saturated rings. The van der Waals surface area contributed by atoms with E-state index < -0.39 is 0 Å². The summed E-state index contributed by atoms with van der Waals surface area (Å²) >= 11 is 7.11. The summed E-state index contributed by atoms with van der Waals surface area (Å²) < 4.78 is 2.06. The Balaban J connectivity index is 2.30. The molecule has 2 rings (SSSR count). The Bertz CT molecular complexity index is 614. The van der Waals surface area contributed by atoms with E-state index >= 15 is 0 Å². The Kier molecular flexibility index (Phi) is 6.18. The number of nitrogens with zero attached hydrogens (tertiary/aromatic N) is 2. The molecule has 0 unspecified atom stereocenters. The van der Waals surface area contributed by atoms with Crippen LogP contribution < -0.4 is 5.32 Å². The Morgan fingerprint density at radius 1 is 1.14 bits per heavy atom. The van der Waals surface area contributed by atoms with Gasteiger partial charge < -0.3 is 5.32 Å². The van der Waals surface area contributed by atoms with Gasteiger partial charge in [-0.3, -0.25) is 0 Å². The van der Waals surface area contributed by atoms with Crippen molar-refractivity contribution in [3.63, 3.8) is 0 Å². The molecule has 0 amide bonds. The smallest absolute Gasteiger partial charge is 0.144 e. The van der Waals surface area contributed by atoms with Crippen molar-refractivity contribution in [1.29, 1.82) is 0 Å². The largest absolute Gasteiger partial charge is 0.369 e. The van der Waals surface area contributed by atoms with Crippen molar-refractivity contribution < 1.29 is 0 Å². The minimum absolute atomic E-state index is 0.737. The molecule has 1 aromatic heterocycles. The molecule has 0 spiro atoms. The summed E-state index contributed by atoms with van der Waals surface area (Å²) in [6, 6.07) is 8.27. The van der Waals surface area contributed by atoms with Crippen LogP contribution in [0.2, 0.25) is 0 Å². The van der Waals surface area contributed by atoms with E-state index in [0.717, 1.165) is 52.1 Å². The maximum absolute atomic E-state index is 4.67. The third-order valence-electron chi connectivity index (χ3n) is 3.09. The van der Waals surface area contributed by atoms with Gasteiger partial charge in [-0.15, -0.1) is 0 Å². The minimum atomic E-state index is 0.737. The van der Waals surface area contributed by atoms with Crippen LogP contribution in [-0.2, 0) is 12.8 Å². The first-order valence-corrected chi connectivity index (χ1v) is 8.76. The zero-order chi connectivity index (χ0) is 15.2. The molecule has 0 saturated heterocycles. The van der Waals surface area contributed by atoms with Gasteiger partial charge in [0.05, 0.1) is 10.2 Å². The lowest BCUT2D eigenvalue weighted by Gasteiger charge is -2.12. The monoisotopic (exact) mass is 411 g/mol. The van der Waals surface area contributed by atoms with Crippen molar-refractivity contribution in [2.24, 2.45) is 0 Å². The first-order valence-electron chi connectivity index (χ1n) is 7.17. The Hall–Kier alpha value is -0.940. The van der Waals surface area contributed by atoms with Crippen LogP contribution in [0.25, 0.3) is 0 Å². The minimum Gasteiger partial charge on any atom is -0.369 e. The number of nitrogens with one attached hydrogen (secondary N) is 1. The Labute approximate surface area is 142 Å². The van der Waals surface area contributed by atoms with Gasteiger partial charge in [0.15, 0.2) is 0 Å². The lowest BCUT2D eigenvalue weighted by molar-refractivity contribution is 0.883. The predicted molar refractivity (Wildman–Crippen MR) is 94.8 cm³/mol. The molecule has 2 aromatic rings. The molecule has 5 heteroatoms. The zero-order valence-corrected chi connectivity index (χ0v) is 15.5. The van der Waals surface area contributed by atoms with E-state index in [2.05, 4.69) is 73.1 Å². The van der Waals surface area contributed by atoms with Crippen molar-refractivity contribution in [2.45, 2.75) is 33.1 Å². The van der Waals surface area contributed by atoms with Gasteiger partial charge in [-0.25, -0.2) is 9.97 Å². The highest BCUT2D eigenvalue weighted by Gasteiger charge is 2.11. The number of hydrogen-bond donors (Lipinski definition) is 1. The molecule has 0 aliphatic heterocycles. The second-order valence-electron chi connectivity index (χ2n) is 4.84. The molecular weight excluding hydrogens is 394 g/mol. The number of aryl methyl sites for hydroxylation is 1. The molecule has 0 saturated carbocycles. The molecular formula is C16H19Br2N3.